The van der Waals surface area contributed by atoms with Crippen molar-refractivity contribution in [2.75, 3.05) is 6.54 Å². The van der Waals surface area contributed by atoms with Crippen LogP contribution in [0, 0.1) is 5.92 Å². The minimum Gasteiger partial charge on any atom is -0.328 e. The van der Waals surface area contributed by atoms with Crippen molar-refractivity contribution in [2.45, 2.75) is 32.7 Å². The largest absolute Gasteiger partial charge is 0.328 e. The van der Waals surface area contributed by atoms with Crippen LogP contribution in [-0.2, 0) is 5.54 Å². The maximum Gasteiger partial charge on any atom is 0.0956 e. The molecular weight excluding hydrogens is 270 g/mol. The van der Waals surface area contributed by atoms with Crippen LogP contribution in [0.25, 0.3) is 11.3 Å². The van der Waals surface area contributed by atoms with Gasteiger partial charge in [-0.25, -0.2) is 4.98 Å². The molecule has 0 aliphatic heterocycles. The fourth-order valence-corrected chi connectivity index (χ4v) is 2.99. The number of hydrogen-bond acceptors (Lipinski definition) is 2. The lowest BCUT2D eigenvalue weighted by Crippen LogP contribution is -2.39. The Morgan fingerprint density at radius 3 is 2.65 bits per heavy atom. The minimum atomic E-state index is -0.154. The second-order valence-electron chi connectivity index (χ2n) is 5.93. The Hall–Kier alpha value is -1.32. The highest BCUT2D eigenvalue weighted by molar-refractivity contribution is 6.33. The maximum atomic E-state index is 6.31. The van der Waals surface area contributed by atoms with E-state index in [9.17, 15) is 0 Å². The van der Waals surface area contributed by atoms with E-state index in [-0.39, 0.29) is 5.54 Å². The van der Waals surface area contributed by atoms with Crippen LogP contribution in [0.4, 0.5) is 0 Å². The first kappa shape index (κ1) is 15.1. The van der Waals surface area contributed by atoms with Gasteiger partial charge in [-0.3, -0.25) is 0 Å². The van der Waals surface area contributed by atoms with Crippen LogP contribution < -0.4 is 5.73 Å². The quantitative estimate of drug-likeness (QED) is 0.907. The lowest BCUT2D eigenvalue weighted by molar-refractivity contribution is 0.267. The van der Waals surface area contributed by atoms with Crippen LogP contribution in [0.5, 0.6) is 0 Å². The molecule has 1 aromatic heterocycles. The molecule has 0 aliphatic rings. The Labute approximate surface area is 125 Å². The number of imidazole rings is 1. The van der Waals surface area contributed by atoms with Crippen molar-refractivity contribution in [2.24, 2.45) is 11.7 Å². The SMILES string of the molecule is CC(C)CC(C)(CN)n1cncc1-c1ccccc1Cl. The standard InChI is InChI=1S/C16H22ClN3/c1-12(2)8-16(3,10-18)20-11-19-9-15(20)13-6-4-5-7-14(13)17/h4-7,9,11-12H,8,10,18H2,1-3H3. The Morgan fingerprint density at radius 2 is 2.05 bits per heavy atom. The predicted octanol–water partition coefficient (Wildman–Crippen LogP) is 3.92. The van der Waals surface area contributed by atoms with E-state index in [4.69, 9.17) is 17.3 Å². The summed E-state index contributed by atoms with van der Waals surface area (Å²) in [5.41, 5.74) is 7.91. The van der Waals surface area contributed by atoms with Gasteiger partial charge in [-0.2, -0.15) is 0 Å². The second kappa shape index (κ2) is 5.98. The molecule has 0 saturated heterocycles. The summed E-state index contributed by atoms with van der Waals surface area (Å²) in [6.07, 6.45) is 4.71. The van der Waals surface area contributed by atoms with Gasteiger partial charge >= 0.3 is 0 Å². The van der Waals surface area contributed by atoms with Crippen LogP contribution in [0.15, 0.2) is 36.8 Å². The van der Waals surface area contributed by atoms with Gasteiger partial charge < -0.3 is 10.3 Å². The number of nitrogens with two attached hydrogens (primary N) is 1. The van der Waals surface area contributed by atoms with Crippen molar-refractivity contribution < 1.29 is 0 Å². The summed E-state index contributed by atoms with van der Waals surface area (Å²) >= 11 is 6.31. The lowest BCUT2D eigenvalue weighted by atomic mass is 9.90. The molecule has 108 valence electrons. The normalized spacial score (nSPS) is 14.5. The van der Waals surface area contributed by atoms with Crippen LogP contribution >= 0.6 is 11.6 Å². The molecule has 0 radical (unpaired) electrons. The molecule has 2 rings (SSSR count). The Balaban J connectivity index is 2.50. The number of benzene rings is 1. The average Bonchev–Trinajstić information content (AvgIpc) is 2.88. The zero-order valence-corrected chi connectivity index (χ0v) is 13.1. The molecule has 0 aliphatic carbocycles. The highest BCUT2D eigenvalue weighted by Crippen LogP contribution is 2.33. The van der Waals surface area contributed by atoms with Crippen LogP contribution in [0.3, 0.4) is 0 Å². The molecule has 0 bridgehead atoms. The Morgan fingerprint density at radius 1 is 1.35 bits per heavy atom. The van der Waals surface area contributed by atoms with Crippen molar-refractivity contribution >= 4 is 11.6 Å². The Kier molecular flexibility index (Phi) is 4.51. The maximum absolute atomic E-state index is 6.31. The van der Waals surface area contributed by atoms with Gasteiger partial charge in [0.2, 0.25) is 0 Å². The van der Waals surface area contributed by atoms with E-state index in [0.29, 0.717) is 12.5 Å². The molecule has 0 saturated carbocycles. The summed E-state index contributed by atoms with van der Waals surface area (Å²) in [7, 11) is 0. The van der Waals surface area contributed by atoms with E-state index >= 15 is 0 Å². The van der Waals surface area contributed by atoms with E-state index in [1.807, 2.05) is 36.8 Å². The zero-order chi connectivity index (χ0) is 14.8. The van der Waals surface area contributed by atoms with Gasteiger partial charge in [0, 0.05) is 17.1 Å². The van der Waals surface area contributed by atoms with Gasteiger partial charge in [-0.05, 0) is 25.3 Å². The summed E-state index contributed by atoms with van der Waals surface area (Å²) in [5, 5.41) is 0.734. The van der Waals surface area contributed by atoms with E-state index in [2.05, 4.69) is 30.3 Å². The van der Waals surface area contributed by atoms with Crippen molar-refractivity contribution in [3.05, 3.63) is 41.8 Å². The molecule has 1 heterocycles. The van der Waals surface area contributed by atoms with Crippen LogP contribution in [-0.4, -0.2) is 16.1 Å². The van der Waals surface area contributed by atoms with E-state index in [0.717, 1.165) is 22.7 Å². The van der Waals surface area contributed by atoms with Gasteiger partial charge in [-0.1, -0.05) is 43.6 Å². The Bertz CT molecular complexity index is 577. The fourth-order valence-electron chi connectivity index (χ4n) is 2.75. The van der Waals surface area contributed by atoms with Crippen LogP contribution in [0.1, 0.15) is 27.2 Å². The fraction of sp³-hybridized carbons (Fsp3) is 0.438. The third-order valence-corrected chi connectivity index (χ3v) is 3.99. The molecule has 0 fully saturated rings. The van der Waals surface area contributed by atoms with E-state index < -0.39 is 0 Å². The number of nitrogens with zero attached hydrogens (tertiary/aromatic N) is 2. The summed E-state index contributed by atoms with van der Waals surface area (Å²) in [4.78, 5) is 4.31. The molecule has 3 nitrogen and oxygen atoms in total. The molecule has 2 aromatic rings. The number of rotatable bonds is 5. The summed E-state index contributed by atoms with van der Waals surface area (Å²) < 4.78 is 2.16. The third-order valence-electron chi connectivity index (χ3n) is 3.66. The van der Waals surface area contributed by atoms with E-state index in [1.165, 1.54) is 0 Å². The summed E-state index contributed by atoms with van der Waals surface area (Å²) in [6.45, 7) is 7.16. The minimum absolute atomic E-state index is 0.154. The first-order valence-electron chi connectivity index (χ1n) is 6.96. The smallest absolute Gasteiger partial charge is 0.0956 e. The molecule has 4 heteroatoms. The zero-order valence-electron chi connectivity index (χ0n) is 12.3. The average molecular weight is 292 g/mol. The first-order chi connectivity index (χ1) is 9.48. The second-order valence-corrected chi connectivity index (χ2v) is 6.33. The van der Waals surface area contributed by atoms with Crippen molar-refractivity contribution in [1.29, 1.82) is 0 Å². The highest BCUT2D eigenvalue weighted by Gasteiger charge is 2.28. The first-order valence-corrected chi connectivity index (χ1v) is 7.33. The topological polar surface area (TPSA) is 43.8 Å². The monoisotopic (exact) mass is 291 g/mol. The van der Waals surface area contributed by atoms with Gasteiger partial charge in [-0.15, -0.1) is 0 Å². The van der Waals surface area contributed by atoms with Crippen molar-refractivity contribution in [3.63, 3.8) is 0 Å². The van der Waals surface area contributed by atoms with Gasteiger partial charge in [0.05, 0.1) is 23.8 Å². The van der Waals surface area contributed by atoms with E-state index in [1.54, 1.807) is 0 Å². The van der Waals surface area contributed by atoms with Gasteiger partial charge in [0.1, 0.15) is 0 Å². The highest BCUT2D eigenvalue weighted by atomic mass is 35.5. The number of halogens is 1. The molecule has 1 unspecified atom stereocenters. The van der Waals surface area contributed by atoms with Crippen molar-refractivity contribution in [3.8, 4) is 11.3 Å². The van der Waals surface area contributed by atoms with Gasteiger partial charge in [0.25, 0.3) is 0 Å². The molecule has 0 spiro atoms. The third kappa shape index (κ3) is 2.89. The summed E-state index contributed by atoms with van der Waals surface area (Å²) in [5.74, 6) is 0.560. The van der Waals surface area contributed by atoms with Crippen molar-refractivity contribution in [1.82, 2.24) is 9.55 Å². The molecular formula is C16H22ClN3. The number of hydrogen-bond donors (Lipinski definition) is 1. The molecule has 20 heavy (non-hydrogen) atoms. The lowest BCUT2D eigenvalue weighted by Gasteiger charge is -2.33. The number of aromatic nitrogens is 2. The molecule has 1 atom stereocenters. The molecule has 2 N–H and O–H groups in total. The predicted molar refractivity (Wildman–Crippen MR) is 84.8 cm³/mol. The summed E-state index contributed by atoms with van der Waals surface area (Å²) in [6, 6.07) is 7.84. The molecule has 0 amide bonds. The molecule has 1 aromatic carbocycles. The van der Waals surface area contributed by atoms with Crippen LogP contribution in [0.2, 0.25) is 5.02 Å². The van der Waals surface area contributed by atoms with Gasteiger partial charge in [0.15, 0.2) is 0 Å².